The van der Waals surface area contributed by atoms with Crippen molar-refractivity contribution in [3.8, 4) is 0 Å². The highest BCUT2D eigenvalue weighted by atomic mass is 32.2. The summed E-state index contributed by atoms with van der Waals surface area (Å²) >= 11 is 2.52. The molecule has 0 aliphatic heterocycles. The third-order valence-electron chi connectivity index (χ3n) is 4.40. The van der Waals surface area contributed by atoms with Gasteiger partial charge in [-0.2, -0.15) is 0 Å². The Morgan fingerprint density at radius 3 is 2.53 bits per heavy atom. The van der Waals surface area contributed by atoms with Gasteiger partial charge in [-0.1, -0.05) is 12.1 Å². The van der Waals surface area contributed by atoms with Gasteiger partial charge in [0.05, 0.1) is 15.5 Å². The van der Waals surface area contributed by atoms with Crippen molar-refractivity contribution in [1.82, 2.24) is 24.3 Å². The van der Waals surface area contributed by atoms with E-state index in [2.05, 4.69) is 20.5 Å². The van der Waals surface area contributed by atoms with Gasteiger partial charge in [-0.25, -0.2) is 4.98 Å². The van der Waals surface area contributed by atoms with Gasteiger partial charge in [0.2, 0.25) is 0 Å². The summed E-state index contributed by atoms with van der Waals surface area (Å²) < 4.78 is 3.53. The molecule has 12 heteroatoms. The predicted octanol–water partition coefficient (Wildman–Crippen LogP) is 4.01. The van der Waals surface area contributed by atoms with Crippen LogP contribution in [0.1, 0.15) is 10.4 Å². The van der Waals surface area contributed by atoms with Crippen molar-refractivity contribution in [1.29, 1.82) is 0 Å². The number of benzene rings is 2. The number of hydrogen-bond donors (Lipinski definition) is 1. The fourth-order valence-electron chi connectivity index (χ4n) is 2.75. The number of aromatic nitrogens is 5. The summed E-state index contributed by atoms with van der Waals surface area (Å²) in [5.41, 5.74) is 0.586. The minimum Gasteiger partial charge on any atom is -0.329 e. The van der Waals surface area contributed by atoms with E-state index in [-0.39, 0.29) is 11.3 Å². The van der Waals surface area contributed by atoms with Gasteiger partial charge < -0.3 is 14.5 Å². The summed E-state index contributed by atoms with van der Waals surface area (Å²) in [6.07, 6.45) is 5.04. The van der Waals surface area contributed by atoms with Crippen LogP contribution in [-0.4, -0.2) is 35.1 Å². The second-order valence-electron chi connectivity index (χ2n) is 6.64. The normalized spacial score (nSPS) is 10.8. The largest absolute Gasteiger partial charge is 0.329 e. The first-order valence-corrected chi connectivity index (χ1v) is 10.9. The van der Waals surface area contributed by atoms with E-state index in [0.29, 0.717) is 15.7 Å². The molecule has 0 unspecified atom stereocenters. The summed E-state index contributed by atoms with van der Waals surface area (Å²) in [4.78, 5) is 29.5. The van der Waals surface area contributed by atoms with Gasteiger partial charge >= 0.3 is 0 Å². The van der Waals surface area contributed by atoms with Crippen molar-refractivity contribution in [2.45, 2.75) is 20.1 Å². The number of nitrogens with zero attached hydrogens (tertiary/aromatic N) is 6. The number of rotatable bonds is 7. The fourth-order valence-corrected chi connectivity index (χ4v) is 4.49. The Morgan fingerprint density at radius 1 is 1.06 bits per heavy atom. The van der Waals surface area contributed by atoms with E-state index in [1.165, 1.54) is 24.2 Å². The Labute approximate surface area is 191 Å². The number of para-hydroxylation sites is 1. The molecule has 0 saturated heterocycles. The Kier molecular flexibility index (Phi) is 6.23. The quantitative estimate of drug-likeness (QED) is 0.320. The highest BCUT2D eigenvalue weighted by Crippen LogP contribution is 2.35. The Morgan fingerprint density at radius 2 is 1.84 bits per heavy atom. The third-order valence-corrected chi connectivity index (χ3v) is 6.67. The van der Waals surface area contributed by atoms with Crippen LogP contribution >= 0.6 is 23.5 Å². The average Bonchev–Trinajstić information content (AvgIpc) is 3.37. The molecular formula is C20H17N7O3S2. The topological polar surface area (TPSA) is 121 Å². The van der Waals surface area contributed by atoms with Crippen LogP contribution in [0.2, 0.25) is 0 Å². The lowest BCUT2D eigenvalue weighted by Crippen LogP contribution is -2.13. The molecular weight excluding hydrogens is 450 g/mol. The third kappa shape index (κ3) is 4.65. The second-order valence-corrected chi connectivity index (χ2v) is 8.66. The van der Waals surface area contributed by atoms with Gasteiger partial charge in [-0.3, -0.25) is 14.9 Å². The molecule has 0 spiro atoms. The van der Waals surface area contributed by atoms with E-state index in [0.717, 1.165) is 21.8 Å². The molecule has 4 rings (SSSR count). The molecule has 0 fully saturated rings. The standard InChI is InChI=1S/C20H17N7O3S2/c1-25-10-9-21-19(25)31-16-6-4-3-5-14(16)23-18(28)13-7-8-17(15(11-13)27(29)30)32-20-24-22-12-26(20)2/h3-12H,1-2H3,(H,23,28). The summed E-state index contributed by atoms with van der Waals surface area (Å²) in [5, 5.41) is 23.5. The van der Waals surface area contributed by atoms with Crippen LogP contribution in [0, 0.1) is 10.1 Å². The van der Waals surface area contributed by atoms with Crippen LogP contribution in [-0.2, 0) is 14.1 Å². The van der Waals surface area contributed by atoms with E-state index in [4.69, 9.17) is 0 Å². The number of hydrogen-bond acceptors (Lipinski definition) is 8. The van der Waals surface area contributed by atoms with Crippen LogP contribution in [0.5, 0.6) is 0 Å². The van der Waals surface area contributed by atoms with Gasteiger partial charge in [0.25, 0.3) is 11.6 Å². The van der Waals surface area contributed by atoms with Crippen molar-refractivity contribution < 1.29 is 9.72 Å². The minimum absolute atomic E-state index is 0.177. The molecule has 0 atom stereocenters. The first-order valence-electron chi connectivity index (χ1n) is 9.28. The molecule has 10 nitrogen and oxygen atoms in total. The maximum Gasteiger partial charge on any atom is 0.284 e. The van der Waals surface area contributed by atoms with E-state index in [1.807, 2.05) is 29.9 Å². The van der Waals surface area contributed by atoms with Crippen molar-refractivity contribution in [2.24, 2.45) is 14.1 Å². The van der Waals surface area contributed by atoms with Gasteiger partial charge in [-0.15, -0.1) is 10.2 Å². The van der Waals surface area contributed by atoms with Crippen LogP contribution < -0.4 is 5.32 Å². The summed E-state index contributed by atoms with van der Waals surface area (Å²) in [6, 6.07) is 11.7. The summed E-state index contributed by atoms with van der Waals surface area (Å²) in [6.45, 7) is 0. The number of nitro groups is 1. The summed E-state index contributed by atoms with van der Waals surface area (Å²) in [7, 11) is 3.63. The lowest BCUT2D eigenvalue weighted by molar-refractivity contribution is -0.387. The first kappa shape index (κ1) is 21.6. The van der Waals surface area contributed by atoms with E-state index >= 15 is 0 Å². The van der Waals surface area contributed by atoms with Crippen LogP contribution in [0.3, 0.4) is 0 Å². The Bertz CT molecular complexity index is 1300. The average molecular weight is 468 g/mol. The van der Waals surface area contributed by atoms with Gasteiger partial charge in [0, 0.05) is 43.0 Å². The molecule has 0 bridgehead atoms. The highest BCUT2D eigenvalue weighted by Gasteiger charge is 2.20. The van der Waals surface area contributed by atoms with Gasteiger partial charge in [-0.05, 0) is 47.8 Å². The number of aryl methyl sites for hydroxylation is 2. The molecule has 0 saturated carbocycles. The van der Waals surface area contributed by atoms with Crippen molar-refractivity contribution in [3.05, 3.63) is 76.9 Å². The van der Waals surface area contributed by atoms with E-state index < -0.39 is 10.8 Å². The molecule has 2 heterocycles. The first-order chi connectivity index (χ1) is 15.4. The molecule has 0 aliphatic carbocycles. The minimum atomic E-state index is -0.514. The zero-order valence-electron chi connectivity index (χ0n) is 17.0. The molecule has 1 amide bonds. The number of nitro benzene ring substituents is 1. The summed E-state index contributed by atoms with van der Waals surface area (Å²) in [5.74, 6) is -0.448. The highest BCUT2D eigenvalue weighted by molar-refractivity contribution is 7.99. The van der Waals surface area contributed by atoms with Crippen LogP contribution in [0.4, 0.5) is 11.4 Å². The number of anilines is 1. The van der Waals surface area contributed by atoms with Crippen molar-refractivity contribution in [2.75, 3.05) is 5.32 Å². The molecule has 162 valence electrons. The molecule has 0 aliphatic rings. The second kappa shape index (κ2) is 9.24. The van der Waals surface area contributed by atoms with Crippen molar-refractivity contribution >= 4 is 40.8 Å². The van der Waals surface area contributed by atoms with Gasteiger partial charge in [0.1, 0.15) is 6.33 Å². The molecule has 0 radical (unpaired) electrons. The molecule has 2 aromatic carbocycles. The monoisotopic (exact) mass is 467 g/mol. The Hall–Kier alpha value is -3.64. The van der Waals surface area contributed by atoms with Crippen LogP contribution in [0.25, 0.3) is 0 Å². The maximum absolute atomic E-state index is 12.9. The maximum atomic E-state index is 12.9. The molecule has 1 N–H and O–H groups in total. The fraction of sp³-hybridized carbons (Fsp3) is 0.100. The smallest absolute Gasteiger partial charge is 0.284 e. The van der Waals surface area contributed by atoms with Gasteiger partial charge in [0.15, 0.2) is 10.3 Å². The Balaban J connectivity index is 1.58. The lowest BCUT2D eigenvalue weighted by atomic mass is 10.2. The van der Waals surface area contributed by atoms with E-state index in [9.17, 15) is 14.9 Å². The number of nitrogens with one attached hydrogen (secondary N) is 1. The molecule has 2 aromatic heterocycles. The number of carbonyl (C=O) groups is 1. The van der Waals surface area contributed by atoms with Crippen LogP contribution in [0.15, 0.2) is 81.3 Å². The zero-order chi connectivity index (χ0) is 22.7. The SMILES string of the molecule is Cn1ccnc1Sc1ccccc1NC(=O)c1ccc(Sc2nncn2C)c([N+](=O)[O-])c1. The lowest BCUT2D eigenvalue weighted by Gasteiger charge is -2.11. The predicted molar refractivity (Wildman–Crippen MR) is 120 cm³/mol. The number of carbonyl (C=O) groups excluding carboxylic acids is 1. The number of imidazole rings is 1. The molecule has 4 aromatic rings. The van der Waals surface area contributed by atoms with Crippen molar-refractivity contribution in [3.63, 3.8) is 0 Å². The zero-order valence-corrected chi connectivity index (χ0v) is 18.6. The van der Waals surface area contributed by atoms with E-state index in [1.54, 1.807) is 42.1 Å². The number of amides is 1. The molecule has 32 heavy (non-hydrogen) atoms.